The number of alkyl halides is 6. The number of ketones is 1. The molecule has 0 unspecified atom stereocenters. The number of carbonyl (C=O) groups is 1. The van der Waals surface area contributed by atoms with E-state index in [-0.39, 0.29) is 76.3 Å². The number of aromatic nitrogens is 2. The molecule has 0 aliphatic heterocycles. The minimum Gasteiger partial charge on any atom is -0.512 e. The molecule has 4 aromatic carbocycles. The van der Waals surface area contributed by atoms with E-state index in [9.17, 15) is 36.2 Å². The van der Waals surface area contributed by atoms with Crippen molar-refractivity contribution in [2.24, 2.45) is 11.8 Å². The van der Waals surface area contributed by atoms with Crippen LogP contribution in [-0.4, -0.2) is 21.1 Å². The molecule has 4 nitrogen and oxygen atoms in total. The van der Waals surface area contributed by atoms with Gasteiger partial charge in [-0.25, -0.2) is 0 Å². The average Bonchev–Trinajstić information content (AvgIpc) is 3.06. The van der Waals surface area contributed by atoms with Crippen molar-refractivity contribution in [1.29, 1.82) is 0 Å². The van der Waals surface area contributed by atoms with Crippen LogP contribution in [0, 0.1) is 17.9 Å². The summed E-state index contributed by atoms with van der Waals surface area (Å²) in [5.41, 5.74) is -2.38. The number of carbonyl (C=O) groups excluding carboxylic acids is 1. The zero-order chi connectivity index (χ0) is 37.9. The van der Waals surface area contributed by atoms with Crippen molar-refractivity contribution in [3.05, 3.63) is 95.4 Å². The summed E-state index contributed by atoms with van der Waals surface area (Å²) >= 11 is 0. The SMILES string of the molecule is CC(C)(C)c1cc(-c2nnc(C(F)(F)F)c3c(C(F)(F)F)c4ccccc4cc23)[c-]c2ccccc12.CCC(CC)C(=O)/C=C(\O)C(CC)CC.[Ir]. The van der Waals surface area contributed by atoms with E-state index in [4.69, 9.17) is 0 Å². The Hall–Kier alpha value is -3.82. The Labute approximate surface area is 314 Å². The molecule has 281 valence electrons. The molecule has 52 heavy (non-hydrogen) atoms. The van der Waals surface area contributed by atoms with Gasteiger partial charge in [-0.1, -0.05) is 108 Å². The van der Waals surface area contributed by atoms with Gasteiger partial charge in [0.2, 0.25) is 0 Å². The second-order valence-corrected chi connectivity index (χ2v) is 13.7. The van der Waals surface area contributed by atoms with Crippen LogP contribution < -0.4 is 0 Å². The summed E-state index contributed by atoms with van der Waals surface area (Å²) in [6, 6.07) is 19.0. The second-order valence-electron chi connectivity index (χ2n) is 13.7. The Morgan fingerprint density at radius 1 is 0.769 bits per heavy atom. The zero-order valence-corrected chi connectivity index (χ0v) is 32.6. The fraction of sp³-hybridized carbons (Fsp3) is 0.390. The molecule has 0 spiro atoms. The summed E-state index contributed by atoms with van der Waals surface area (Å²) in [5.74, 6) is 0.547. The second kappa shape index (κ2) is 16.9. The number of rotatable bonds is 8. The molecule has 11 heteroatoms. The number of aliphatic hydroxyl groups is 1. The van der Waals surface area contributed by atoms with Crippen molar-refractivity contribution in [1.82, 2.24) is 10.2 Å². The van der Waals surface area contributed by atoms with Gasteiger partial charge in [0.25, 0.3) is 0 Å². The van der Waals surface area contributed by atoms with Crippen molar-refractivity contribution in [3.8, 4) is 11.3 Å². The summed E-state index contributed by atoms with van der Waals surface area (Å²) in [5, 5.41) is 17.0. The van der Waals surface area contributed by atoms with Crippen molar-refractivity contribution >= 4 is 38.1 Å². The molecule has 0 bridgehead atoms. The molecule has 1 radical (unpaired) electrons. The number of hydrogen-bond donors (Lipinski definition) is 1. The molecule has 0 aliphatic carbocycles. The van der Waals surface area contributed by atoms with E-state index in [1.54, 1.807) is 18.2 Å². The molecule has 1 aromatic heterocycles. The van der Waals surface area contributed by atoms with E-state index >= 15 is 0 Å². The first-order valence-corrected chi connectivity index (χ1v) is 17.1. The molecule has 0 amide bonds. The van der Waals surface area contributed by atoms with Crippen LogP contribution in [0.1, 0.15) is 91.0 Å². The largest absolute Gasteiger partial charge is 0.512 e. The van der Waals surface area contributed by atoms with E-state index < -0.39 is 29.0 Å². The maximum Gasteiger partial charge on any atom is 0.435 e. The summed E-state index contributed by atoms with van der Waals surface area (Å²) in [7, 11) is 0. The molecule has 0 fully saturated rings. The van der Waals surface area contributed by atoms with Gasteiger partial charge in [-0.3, -0.25) is 4.79 Å². The fourth-order valence-electron chi connectivity index (χ4n) is 6.43. The number of aliphatic hydroxyl groups excluding tert-OH is 1. The topological polar surface area (TPSA) is 63.1 Å². The van der Waals surface area contributed by atoms with Crippen molar-refractivity contribution in [3.63, 3.8) is 0 Å². The van der Waals surface area contributed by atoms with Gasteiger partial charge in [-0.2, -0.15) is 36.5 Å². The van der Waals surface area contributed by atoms with E-state index in [1.807, 2.05) is 60.6 Å². The van der Waals surface area contributed by atoms with Crippen LogP contribution in [-0.2, 0) is 42.7 Å². The Morgan fingerprint density at radius 2 is 1.33 bits per heavy atom. The van der Waals surface area contributed by atoms with Crippen LogP contribution in [0.2, 0.25) is 0 Å². The molecular formula is C41H43F6IrN2O2-. The number of allylic oxidation sites excluding steroid dienone is 2. The van der Waals surface area contributed by atoms with Crippen molar-refractivity contribution in [2.75, 3.05) is 0 Å². The normalized spacial score (nSPS) is 12.7. The first kappa shape index (κ1) is 42.6. The predicted molar refractivity (Wildman–Crippen MR) is 191 cm³/mol. The third-order valence-electron chi connectivity index (χ3n) is 9.26. The first-order chi connectivity index (χ1) is 23.9. The number of halogens is 6. The van der Waals surface area contributed by atoms with Crippen LogP contribution in [0.3, 0.4) is 0 Å². The Kier molecular flexibility index (Phi) is 13.8. The van der Waals surface area contributed by atoms with Crippen LogP contribution in [0.25, 0.3) is 43.6 Å². The molecule has 5 rings (SSSR count). The van der Waals surface area contributed by atoms with Gasteiger partial charge in [0.05, 0.1) is 11.3 Å². The van der Waals surface area contributed by atoms with E-state index in [0.717, 1.165) is 42.7 Å². The number of hydrogen-bond acceptors (Lipinski definition) is 4. The maximum atomic E-state index is 14.4. The van der Waals surface area contributed by atoms with Gasteiger partial charge >= 0.3 is 12.4 Å². The third kappa shape index (κ3) is 9.21. The van der Waals surface area contributed by atoms with Crippen LogP contribution >= 0.6 is 0 Å². The summed E-state index contributed by atoms with van der Waals surface area (Å²) in [4.78, 5) is 11.7. The number of fused-ring (bicyclic) bond motifs is 3. The Balaban J connectivity index is 0.000000389. The van der Waals surface area contributed by atoms with Gasteiger partial charge in [-0.15, -0.1) is 29.1 Å². The van der Waals surface area contributed by atoms with Gasteiger partial charge in [0, 0.05) is 49.1 Å². The van der Waals surface area contributed by atoms with E-state index in [1.165, 1.54) is 30.3 Å². The minimum absolute atomic E-state index is 0. The quantitative estimate of drug-likeness (QED) is 0.0554. The van der Waals surface area contributed by atoms with Gasteiger partial charge in [0.15, 0.2) is 11.5 Å². The van der Waals surface area contributed by atoms with Crippen molar-refractivity contribution < 1.29 is 56.3 Å². The third-order valence-corrected chi connectivity index (χ3v) is 9.26. The number of benzene rings is 4. The molecule has 0 saturated heterocycles. The molecule has 0 saturated carbocycles. The minimum atomic E-state index is -5.14. The van der Waals surface area contributed by atoms with E-state index in [2.05, 4.69) is 16.3 Å². The van der Waals surface area contributed by atoms with Gasteiger partial charge < -0.3 is 5.11 Å². The molecule has 5 aromatic rings. The van der Waals surface area contributed by atoms with E-state index in [0.29, 0.717) is 5.39 Å². The monoisotopic (exact) mass is 902 g/mol. The fourth-order valence-corrected chi connectivity index (χ4v) is 6.43. The van der Waals surface area contributed by atoms with Crippen LogP contribution in [0.15, 0.2) is 72.5 Å². The van der Waals surface area contributed by atoms with Crippen LogP contribution in [0.5, 0.6) is 0 Å². The summed E-state index contributed by atoms with van der Waals surface area (Å²) in [6.07, 6.45) is -5.30. The molecule has 0 aliphatic rings. The summed E-state index contributed by atoms with van der Waals surface area (Å²) in [6.45, 7) is 14.0. The molecule has 1 heterocycles. The maximum absolute atomic E-state index is 14.4. The van der Waals surface area contributed by atoms with Gasteiger partial charge in [0.1, 0.15) is 0 Å². The smallest absolute Gasteiger partial charge is 0.435 e. The summed E-state index contributed by atoms with van der Waals surface area (Å²) < 4.78 is 85.0. The molecule has 1 N–H and O–H groups in total. The first-order valence-electron chi connectivity index (χ1n) is 17.1. The number of nitrogens with zero attached hydrogens (tertiary/aromatic N) is 2. The Morgan fingerprint density at radius 3 is 1.87 bits per heavy atom. The zero-order valence-electron chi connectivity index (χ0n) is 30.2. The average molecular weight is 902 g/mol. The van der Waals surface area contributed by atoms with Crippen molar-refractivity contribution in [2.45, 2.75) is 91.9 Å². The van der Waals surface area contributed by atoms with Gasteiger partial charge in [-0.05, 0) is 47.3 Å². The standard InChI is InChI=1S/C28H19F6N2.C13H24O2.Ir/c1-26(2,3)21-14-17(12-15-8-4-6-10-18(15)21)24-20-13-16-9-5-7-11-19(16)23(27(29,30)31)22(20)25(36-35-24)28(32,33)34;1-5-10(6-2)12(14)9-13(15)11(7-3)8-4;/h4-11,13-14H,1-3H3;9-11,14H,5-8H2,1-4H3;/q-1;;/b;12-9-;. The molecular weight excluding hydrogens is 859 g/mol. The van der Waals surface area contributed by atoms with Crippen LogP contribution in [0.4, 0.5) is 26.3 Å². The predicted octanol–water partition coefficient (Wildman–Crippen LogP) is 12.6. The molecule has 0 atom stereocenters. The Bertz CT molecular complexity index is 2060.